The molecule has 1 heterocycles. The number of hydrogen-bond acceptors (Lipinski definition) is 3. The Morgan fingerprint density at radius 2 is 2.29 bits per heavy atom. The van der Waals surface area contributed by atoms with Crippen molar-refractivity contribution in [2.24, 2.45) is 0 Å². The van der Waals surface area contributed by atoms with Crippen LogP contribution in [-0.2, 0) is 17.8 Å². The molecule has 1 aromatic heterocycles. The van der Waals surface area contributed by atoms with Crippen molar-refractivity contribution in [2.75, 3.05) is 19.6 Å². The Morgan fingerprint density at radius 3 is 2.82 bits per heavy atom. The van der Waals surface area contributed by atoms with E-state index >= 15 is 0 Å². The number of nitrogens with zero attached hydrogens (tertiary/aromatic N) is 2. The standard InChI is InChI=1S/C11H19BrClN3O/c1-4-16-10(11(12)8(2)15-16)6-14-9(5-13)7-17-3/h9,14H,4-7H2,1-3H3. The highest BCUT2D eigenvalue weighted by atomic mass is 79.9. The Bertz CT molecular complexity index is 357. The number of rotatable bonds is 7. The van der Waals surface area contributed by atoms with Crippen LogP contribution in [0.4, 0.5) is 0 Å². The fourth-order valence-corrected chi connectivity index (χ4v) is 2.26. The van der Waals surface area contributed by atoms with Crippen LogP contribution in [0.15, 0.2) is 4.47 Å². The van der Waals surface area contributed by atoms with E-state index in [0.717, 1.165) is 29.0 Å². The smallest absolute Gasteiger partial charge is 0.0739 e. The summed E-state index contributed by atoms with van der Waals surface area (Å²) in [6.45, 7) is 6.28. The molecule has 0 aliphatic heterocycles. The molecule has 1 atom stereocenters. The summed E-state index contributed by atoms with van der Waals surface area (Å²) in [6, 6.07) is 0.161. The second kappa shape index (κ2) is 7.36. The molecule has 0 fully saturated rings. The summed E-state index contributed by atoms with van der Waals surface area (Å²) in [7, 11) is 1.68. The predicted molar refractivity (Wildman–Crippen MR) is 73.6 cm³/mol. The van der Waals surface area contributed by atoms with Gasteiger partial charge in [0.25, 0.3) is 0 Å². The van der Waals surface area contributed by atoms with Crippen molar-refractivity contribution in [3.8, 4) is 0 Å². The van der Waals surface area contributed by atoms with Gasteiger partial charge in [0, 0.05) is 32.1 Å². The lowest BCUT2D eigenvalue weighted by Gasteiger charge is -2.15. The molecule has 1 rings (SSSR count). The van der Waals surface area contributed by atoms with Crippen LogP contribution in [0.3, 0.4) is 0 Å². The van der Waals surface area contributed by atoms with Gasteiger partial charge >= 0.3 is 0 Å². The molecule has 4 nitrogen and oxygen atoms in total. The number of hydrogen-bond donors (Lipinski definition) is 1. The van der Waals surface area contributed by atoms with Gasteiger partial charge in [0.15, 0.2) is 0 Å². The SMILES string of the molecule is CCn1nc(C)c(Br)c1CNC(CCl)COC. The summed E-state index contributed by atoms with van der Waals surface area (Å²) < 4.78 is 8.15. The molecule has 0 aromatic carbocycles. The van der Waals surface area contributed by atoms with Gasteiger partial charge in [-0.15, -0.1) is 11.6 Å². The largest absolute Gasteiger partial charge is 0.383 e. The second-order valence-electron chi connectivity index (χ2n) is 3.85. The summed E-state index contributed by atoms with van der Waals surface area (Å²) in [5.74, 6) is 0.532. The van der Waals surface area contributed by atoms with E-state index in [4.69, 9.17) is 16.3 Å². The molecule has 0 amide bonds. The van der Waals surface area contributed by atoms with Gasteiger partial charge in [-0.3, -0.25) is 4.68 Å². The molecule has 98 valence electrons. The number of alkyl halides is 1. The van der Waals surface area contributed by atoms with Crippen LogP contribution in [0.25, 0.3) is 0 Å². The molecule has 0 saturated heterocycles. The summed E-state index contributed by atoms with van der Waals surface area (Å²) in [6.07, 6.45) is 0. The third kappa shape index (κ3) is 3.95. The molecule has 0 saturated carbocycles. The van der Waals surface area contributed by atoms with Crippen molar-refractivity contribution in [1.29, 1.82) is 0 Å². The second-order valence-corrected chi connectivity index (χ2v) is 4.95. The summed E-state index contributed by atoms with van der Waals surface area (Å²) in [5.41, 5.74) is 2.16. The summed E-state index contributed by atoms with van der Waals surface area (Å²) >= 11 is 9.42. The third-order valence-electron chi connectivity index (χ3n) is 2.57. The lowest BCUT2D eigenvalue weighted by atomic mass is 10.3. The van der Waals surface area contributed by atoms with Crippen LogP contribution in [0, 0.1) is 6.92 Å². The van der Waals surface area contributed by atoms with Crippen molar-refractivity contribution >= 4 is 27.5 Å². The Kier molecular flexibility index (Phi) is 6.48. The zero-order valence-corrected chi connectivity index (χ0v) is 12.8. The molecule has 0 aliphatic rings. The van der Waals surface area contributed by atoms with Crippen LogP contribution >= 0.6 is 27.5 Å². The maximum atomic E-state index is 5.85. The fraction of sp³-hybridized carbons (Fsp3) is 0.727. The lowest BCUT2D eigenvalue weighted by Crippen LogP contribution is -2.35. The first-order valence-electron chi connectivity index (χ1n) is 5.64. The Hall–Kier alpha value is -0.100. The molecule has 0 aliphatic carbocycles. The van der Waals surface area contributed by atoms with Gasteiger partial charge in [0.1, 0.15) is 0 Å². The average Bonchev–Trinajstić information content (AvgIpc) is 2.61. The first kappa shape index (κ1) is 15.0. The third-order valence-corrected chi connectivity index (χ3v) is 3.97. The van der Waals surface area contributed by atoms with E-state index < -0.39 is 0 Å². The van der Waals surface area contributed by atoms with Crippen molar-refractivity contribution in [3.05, 3.63) is 15.9 Å². The van der Waals surface area contributed by atoms with Crippen LogP contribution in [0.2, 0.25) is 0 Å². The summed E-state index contributed by atoms with van der Waals surface area (Å²) in [5, 5.41) is 7.81. The highest BCUT2D eigenvalue weighted by Crippen LogP contribution is 2.20. The van der Waals surface area contributed by atoms with Gasteiger partial charge < -0.3 is 10.1 Å². The monoisotopic (exact) mass is 323 g/mol. The Balaban J connectivity index is 2.67. The maximum absolute atomic E-state index is 5.85. The van der Waals surface area contributed by atoms with Crippen LogP contribution in [0.1, 0.15) is 18.3 Å². The Labute approximate surface area is 116 Å². The average molecular weight is 325 g/mol. The molecule has 0 bridgehead atoms. The first-order valence-corrected chi connectivity index (χ1v) is 6.96. The van der Waals surface area contributed by atoms with Gasteiger partial charge in [-0.1, -0.05) is 0 Å². The Morgan fingerprint density at radius 1 is 1.59 bits per heavy atom. The number of nitrogens with one attached hydrogen (secondary N) is 1. The van der Waals surface area contributed by atoms with Gasteiger partial charge in [-0.25, -0.2) is 0 Å². The van der Waals surface area contributed by atoms with Crippen molar-refractivity contribution < 1.29 is 4.74 Å². The number of methoxy groups -OCH3 is 1. The van der Waals surface area contributed by atoms with Crippen molar-refractivity contribution in [2.45, 2.75) is 33.0 Å². The highest BCUT2D eigenvalue weighted by Gasteiger charge is 2.13. The van der Waals surface area contributed by atoms with Crippen molar-refractivity contribution in [3.63, 3.8) is 0 Å². The predicted octanol–water partition coefficient (Wildman–Crippen LogP) is 2.32. The zero-order chi connectivity index (χ0) is 12.8. The number of ether oxygens (including phenoxy) is 1. The summed E-state index contributed by atoms with van der Waals surface area (Å²) in [4.78, 5) is 0. The topological polar surface area (TPSA) is 39.1 Å². The highest BCUT2D eigenvalue weighted by molar-refractivity contribution is 9.10. The maximum Gasteiger partial charge on any atom is 0.0739 e. The van der Waals surface area contributed by atoms with E-state index in [1.54, 1.807) is 7.11 Å². The number of halogens is 2. The van der Waals surface area contributed by atoms with E-state index in [1.165, 1.54) is 0 Å². The van der Waals surface area contributed by atoms with E-state index in [-0.39, 0.29) is 6.04 Å². The van der Waals surface area contributed by atoms with Crippen LogP contribution < -0.4 is 5.32 Å². The minimum atomic E-state index is 0.161. The van der Waals surface area contributed by atoms with E-state index in [0.29, 0.717) is 12.5 Å². The molecular weight excluding hydrogens is 305 g/mol. The lowest BCUT2D eigenvalue weighted by molar-refractivity contribution is 0.172. The normalized spacial score (nSPS) is 13.0. The van der Waals surface area contributed by atoms with E-state index in [1.807, 2.05) is 11.6 Å². The van der Waals surface area contributed by atoms with E-state index in [9.17, 15) is 0 Å². The number of aryl methyl sites for hydroxylation is 2. The zero-order valence-electron chi connectivity index (χ0n) is 10.5. The molecule has 1 unspecified atom stereocenters. The molecule has 0 radical (unpaired) electrons. The van der Waals surface area contributed by atoms with Crippen LogP contribution in [0.5, 0.6) is 0 Å². The van der Waals surface area contributed by atoms with E-state index in [2.05, 4.69) is 33.3 Å². The van der Waals surface area contributed by atoms with Gasteiger partial charge in [-0.2, -0.15) is 5.10 Å². The molecule has 6 heteroatoms. The van der Waals surface area contributed by atoms with Crippen LogP contribution in [-0.4, -0.2) is 35.4 Å². The van der Waals surface area contributed by atoms with Gasteiger partial charge in [-0.05, 0) is 29.8 Å². The first-order chi connectivity index (χ1) is 8.13. The molecule has 17 heavy (non-hydrogen) atoms. The quantitative estimate of drug-likeness (QED) is 0.782. The van der Waals surface area contributed by atoms with Gasteiger partial charge in [0.2, 0.25) is 0 Å². The fourth-order valence-electron chi connectivity index (χ4n) is 1.64. The molecule has 0 spiro atoms. The van der Waals surface area contributed by atoms with Crippen molar-refractivity contribution in [1.82, 2.24) is 15.1 Å². The molecular formula is C11H19BrClN3O. The van der Waals surface area contributed by atoms with Gasteiger partial charge in [0.05, 0.1) is 22.5 Å². The minimum absolute atomic E-state index is 0.161. The molecule has 1 aromatic rings. The minimum Gasteiger partial charge on any atom is -0.383 e. The molecule has 1 N–H and O–H groups in total. The number of aromatic nitrogens is 2.